The van der Waals surface area contributed by atoms with Crippen molar-refractivity contribution in [1.82, 2.24) is 0 Å². The summed E-state index contributed by atoms with van der Waals surface area (Å²) in [4.78, 5) is 0. The fourth-order valence-corrected chi connectivity index (χ4v) is 1.90. The van der Waals surface area contributed by atoms with Crippen LogP contribution in [0.4, 0.5) is 5.69 Å². The first-order valence-electron chi connectivity index (χ1n) is 8.54. The number of anilines is 1. The standard InChI is InChI=1S/C18H31NO6/c1-20-8-9-23-12-13-25-15-14-24-11-10-22-7-6-19-17-4-3-5-18(16-17)21-2/h3-5,16,19H,6-15H2,1-2H3. The second kappa shape index (κ2) is 16.1. The third-order valence-corrected chi connectivity index (χ3v) is 3.19. The molecule has 0 saturated heterocycles. The van der Waals surface area contributed by atoms with E-state index in [9.17, 15) is 0 Å². The monoisotopic (exact) mass is 357 g/mol. The first-order chi connectivity index (χ1) is 12.4. The van der Waals surface area contributed by atoms with Crippen molar-refractivity contribution >= 4 is 5.69 Å². The normalized spacial score (nSPS) is 10.8. The van der Waals surface area contributed by atoms with Crippen LogP contribution in [-0.4, -0.2) is 80.2 Å². The SMILES string of the molecule is COCCOCCOCCOCCOCCNc1cccc(OC)c1. The summed E-state index contributed by atoms with van der Waals surface area (Å²) in [7, 11) is 3.31. The molecule has 144 valence electrons. The van der Waals surface area contributed by atoms with Crippen LogP contribution in [0.1, 0.15) is 0 Å². The van der Waals surface area contributed by atoms with Crippen LogP contribution >= 0.6 is 0 Å². The molecular formula is C18H31NO6. The molecule has 0 bridgehead atoms. The van der Waals surface area contributed by atoms with Gasteiger partial charge in [-0.05, 0) is 12.1 Å². The van der Waals surface area contributed by atoms with Crippen LogP contribution in [0.15, 0.2) is 24.3 Å². The topological polar surface area (TPSA) is 67.4 Å². The number of hydrogen-bond donors (Lipinski definition) is 1. The van der Waals surface area contributed by atoms with Crippen molar-refractivity contribution < 1.29 is 28.4 Å². The van der Waals surface area contributed by atoms with E-state index in [4.69, 9.17) is 28.4 Å². The van der Waals surface area contributed by atoms with Crippen molar-refractivity contribution in [2.24, 2.45) is 0 Å². The highest BCUT2D eigenvalue weighted by Gasteiger charge is 1.96. The zero-order valence-electron chi connectivity index (χ0n) is 15.3. The number of ether oxygens (including phenoxy) is 6. The summed E-state index contributed by atoms with van der Waals surface area (Å²) in [5, 5.41) is 3.28. The lowest BCUT2D eigenvalue weighted by Crippen LogP contribution is -2.14. The predicted molar refractivity (Wildman–Crippen MR) is 96.6 cm³/mol. The molecule has 7 heteroatoms. The van der Waals surface area contributed by atoms with Gasteiger partial charge in [-0.1, -0.05) is 6.07 Å². The molecule has 1 rings (SSSR count). The lowest BCUT2D eigenvalue weighted by Gasteiger charge is -2.09. The van der Waals surface area contributed by atoms with Gasteiger partial charge < -0.3 is 33.7 Å². The number of methoxy groups -OCH3 is 2. The average molecular weight is 357 g/mol. The Morgan fingerprint density at radius 1 is 0.720 bits per heavy atom. The van der Waals surface area contributed by atoms with E-state index in [2.05, 4.69) is 5.32 Å². The summed E-state index contributed by atoms with van der Waals surface area (Å²) in [5.41, 5.74) is 1.02. The van der Waals surface area contributed by atoms with Crippen LogP contribution < -0.4 is 10.1 Å². The molecule has 0 fully saturated rings. The Balaban J connectivity index is 1.80. The number of benzene rings is 1. The maximum atomic E-state index is 5.50. The average Bonchev–Trinajstić information content (AvgIpc) is 2.65. The smallest absolute Gasteiger partial charge is 0.120 e. The van der Waals surface area contributed by atoms with Gasteiger partial charge in [0.2, 0.25) is 0 Å². The van der Waals surface area contributed by atoms with Crippen LogP contribution in [0.25, 0.3) is 0 Å². The molecule has 0 amide bonds. The van der Waals surface area contributed by atoms with E-state index < -0.39 is 0 Å². The second-order valence-corrected chi connectivity index (χ2v) is 5.10. The van der Waals surface area contributed by atoms with Crippen LogP contribution in [0.3, 0.4) is 0 Å². The van der Waals surface area contributed by atoms with E-state index in [0.29, 0.717) is 59.5 Å². The van der Waals surface area contributed by atoms with Crippen molar-refractivity contribution in [3.05, 3.63) is 24.3 Å². The maximum Gasteiger partial charge on any atom is 0.120 e. The van der Waals surface area contributed by atoms with Gasteiger partial charge in [-0.25, -0.2) is 0 Å². The minimum absolute atomic E-state index is 0.559. The van der Waals surface area contributed by atoms with Gasteiger partial charge in [-0.15, -0.1) is 0 Å². The third kappa shape index (κ3) is 12.6. The molecule has 0 radical (unpaired) electrons. The van der Waals surface area contributed by atoms with Gasteiger partial charge in [0.05, 0.1) is 66.6 Å². The first-order valence-corrected chi connectivity index (χ1v) is 8.54. The molecule has 0 atom stereocenters. The number of nitrogens with one attached hydrogen (secondary N) is 1. The summed E-state index contributed by atoms with van der Waals surface area (Å²) in [5.74, 6) is 0.836. The molecule has 0 aliphatic rings. The quantitative estimate of drug-likeness (QED) is 0.427. The summed E-state index contributed by atoms with van der Waals surface area (Å²) in [6.07, 6.45) is 0. The van der Waals surface area contributed by atoms with Gasteiger partial charge in [0, 0.05) is 25.4 Å². The van der Waals surface area contributed by atoms with Crippen LogP contribution in [0.5, 0.6) is 5.75 Å². The summed E-state index contributed by atoms with van der Waals surface area (Å²) < 4.78 is 31.6. The van der Waals surface area contributed by atoms with Gasteiger partial charge in [-0.2, -0.15) is 0 Å². The van der Waals surface area contributed by atoms with Crippen LogP contribution in [-0.2, 0) is 23.7 Å². The Morgan fingerprint density at radius 2 is 1.28 bits per heavy atom. The number of rotatable bonds is 17. The Bertz CT molecular complexity index is 418. The molecule has 0 aromatic heterocycles. The molecule has 0 unspecified atom stereocenters. The molecule has 1 N–H and O–H groups in total. The molecule has 0 aliphatic heterocycles. The second-order valence-electron chi connectivity index (χ2n) is 5.10. The summed E-state index contributed by atoms with van der Waals surface area (Å²) in [6.45, 7) is 5.96. The lowest BCUT2D eigenvalue weighted by molar-refractivity contribution is -0.00700. The van der Waals surface area contributed by atoms with Gasteiger partial charge in [0.15, 0.2) is 0 Å². The fraction of sp³-hybridized carbons (Fsp3) is 0.667. The Labute approximate surface area is 150 Å². The van der Waals surface area contributed by atoms with Gasteiger partial charge in [0.25, 0.3) is 0 Å². The van der Waals surface area contributed by atoms with E-state index in [1.807, 2.05) is 24.3 Å². The predicted octanol–water partition coefficient (Wildman–Crippen LogP) is 1.82. The Kier molecular flexibility index (Phi) is 14.0. The highest BCUT2D eigenvalue weighted by molar-refractivity contribution is 5.47. The van der Waals surface area contributed by atoms with E-state index in [0.717, 1.165) is 18.0 Å². The summed E-state index contributed by atoms with van der Waals surface area (Å²) in [6, 6.07) is 7.81. The van der Waals surface area contributed by atoms with E-state index in [1.165, 1.54) is 0 Å². The van der Waals surface area contributed by atoms with Crippen LogP contribution in [0.2, 0.25) is 0 Å². The number of hydrogen-bond acceptors (Lipinski definition) is 7. The first kappa shape index (κ1) is 21.7. The molecule has 25 heavy (non-hydrogen) atoms. The molecule has 1 aromatic carbocycles. The minimum atomic E-state index is 0.559. The molecule has 7 nitrogen and oxygen atoms in total. The highest BCUT2D eigenvalue weighted by Crippen LogP contribution is 2.16. The van der Waals surface area contributed by atoms with Crippen molar-refractivity contribution in [3.63, 3.8) is 0 Å². The molecule has 0 heterocycles. The van der Waals surface area contributed by atoms with E-state index in [-0.39, 0.29) is 0 Å². The fourth-order valence-electron chi connectivity index (χ4n) is 1.90. The van der Waals surface area contributed by atoms with E-state index in [1.54, 1.807) is 14.2 Å². The zero-order chi connectivity index (χ0) is 18.0. The molecule has 0 spiro atoms. The van der Waals surface area contributed by atoms with Crippen molar-refractivity contribution in [1.29, 1.82) is 0 Å². The Morgan fingerprint density at radius 3 is 1.84 bits per heavy atom. The molecule has 1 aromatic rings. The Hall–Kier alpha value is -1.38. The summed E-state index contributed by atoms with van der Waals surface area (Å²) >= 11 is 0. The maximum absolute atomic E-state index is 5.50. The largest absolute Gasteiger partial charge is 0.497 e. The van der Waals surface area contributed by atoms with Crippen molar-refractivity contribution in [2.75, 3.05) is 85.5 Å². The molecular weight excluding hydrogens is 326 g/mol. The third-order valence-electron chi connectivity index (χ3n) is 3.19. The van der Waals surface area contributed by atoms with Crippen LogP contribution in [0, 0.1) is 0 Å². The van der Waals surface area contributed by atoms with Gasteiger partial charge in [0.1, 0.15) is 5.75 Å². The molecule has 0 aliphatic carbocycles. The van der Waals surface area contributed by atoms with Crippen molar-refractivity contribution in [2.45, 2.75) is 0 Å². The molecule has 0 saturated carbocycles. The van der Waals surface area contributed by atoms with Gasteiger partial charge in [-0.3, -0.25) is 0 Å². The van der Waals surface area contributed by atoms with Crippen molar-refractivity contribution in [3.8, 4) is 5.75 Å². The van der Waals surface area contributed by atoms with E-state index >= 15 is 0 Å². The van der Waals surface area contributed by atoms with Gasteiger partial charge >= 0.3 is 0 Å². The minimum Gasteiger partial charge on any atom is -0.497 e. The lowest BCUT2D eigenvalue weighted by atomic mass is 10.3. The highest BCUT2D eigenvalue weighted by atomic mass is 16.6. The zero-order valence-corrected chi connectivity index (χ0v) is 15.3.